The van der Waals surface area contributed by atoms with Crippen molar-refractivity contribution in [1.29, 1.82) is 0 Å². The quantitative estimate of drug-likeness (QED) is 0.672. The molecule has 0 unspecified atom stereocenters. The molecule has 0 amide bonds. The van der Waals surface area contributed by atoms with Gasteiger partial charge in [-0.1, -0.05) is 55.1 Å². The van der Waals surface area contributed by atoms with Gasteiger partial charge in [0.1, 0.15) is 0 Å². The van der Waals surface area contributed by atoms with Gasteiger partial charge in [0.05, 0.1) is 0 Å². The lowest BCUT2D eigenvalue weighted by Gasteiger charge is -1.98. The molecule has 0 radical (unpaired) electrons. The number of fused-ring (bicyclic) bond motifs is 3. The van der Waals surface area contributed by atoms with E-state index >= 15 is 0 Å². The molecule has 110 valence electrons. The molecule has 0 heterocycles. The van der Waals surface area contributed by atoms with Gasteiger partial charge in [0, 0.05) is 12.7 Å². The summed E-state index contributed by atoms with van der Waals surface area (Å²) in [5.41, 5.74) is 5.75. The fourth-order valence-electron chi connectivity index (χ4n) is 2.08. The van der Waals surface area contributed by atoms with Crippen molar-refractivity contribution in [3.05, 3.63) is 72.3 Å². The molecule has 0 aliphatic heterocycles. The molecule has 0 bridgehead atoms. The van der Waals surface area contributed by atoms with Crippen LogP contribution in [-0.2, 0) is 11.2 Å². The fourth-order valence-corrected chi connectivity index (χ4v) is 2.08. The first-order chi connectivity index (χ1) is 10.1. The smallest absolute Gasteiger partial charge is 0.327 e. The van der Waals surface area contributed by atoms with Crippen LogP contribution in [0, 0.1) is 0 Å². The average molecular weight is 284 g/mol. The van der Waals surface area contributed by atoms with Crippen LogP contribution in [0.3, 0.4) is 0 Å². The van der Waals surface area contributed by atoms with Crippen LogP contribution in [0.4, 0.5) is 0 Å². The van der Waals surface area contributed by atoms with E-state index in [1.807, 2.05) is 0 Å². The Bertz CT molecular complexity index is 559. The minimum absolute atomic E-state index is 0.250. The Labute approximate surface area is 125 Å². The Morgan fingerprint density at radius 3 is 1.76 bits per heavy atom. The summed E-state index contributed by atoms with van der Waals surface area (Å²) in [4.78, 5) is 9.25. The lowest BCUT2D eigenvalue weighted by Crippen LogP contribution is -1.82. The predicted octanol–water partition coefficient (Wildman–Crippen LogP) is 3.51. The van der Waals surface area contributed by atoms with Crippen LogP contribution in [0.1, 0.15) is 18.1 Å². The van der Waals surface area contributed by atoms with Crippen molar-refractivity contribution in [3.63, 3.8) is 0 Å². The van der Waals surface area contributed by atoms with Crippen LogP contribution in [0.5, 0.6) is 0 Å². The Morgan fingerprint density at radius 1 is 1.10 bits per heavy atom. The minimum atomic E-state index is -0.981. The van der Waals surface area contributed by atoms with E-state index in [9.17, 15) is 4.79 Å². The van der Waals surface area contributed by atoms with E-state index < -0.39 is 5.97 Å². The summed E-state index contributed by atoms with van der Waals surface area (Å²) in [6.07, 6.45) is 1.94. The maximum absolute atomic E-state index is 9.25. The summed E-state index contributed by atoms with van der Waals surface area (Å²) >= 11 is 0. The number of aliphatic carboxylic acids is 1. The average Bonchev–Trinajstić information content (AvgIpc) is 2.87. The maximum Gasteiger partial charge on any atom is 0.327 e. The molecule has 0 spiro atoms. The molecule has 0 saturated carbocycles. The van der Waals surface area contributed by atoms with Gasteiger partial charge in [0.2, 0.25) is 0 Å². The number of benzene rings is 2. The van der Waals surface area contributed by atoms with E-state index in [1.54, 1.807) is 6.92 Å². The zero-order chi connectivity index (χ0) is 15.7. The molecule has 2 aromatic carbocycles. The molecule has 2 N–H and O–H groups in total. The van der Waals surface area contributed by atoms with Gasteiger partial charge in [-0.2, -0.15) is 0 Å². The number of carbonyl (C=O) groups is 1. The fraction of sp³-hybridized carbons (Fsp3) is 0.167. The zero-order valence-electron chi connectivity index (χ0n) is 12.1. The second-order valence-electron chi connectivity index (χ2n) is 4.35. The van der Waals surface area contributed by atoms with Gasteiger partial charge in [-0.15, -0.1) is 0 Å². The third-order valence-electron chi connectivity index (χ3n) is 2.88. The van der Waals surface area contributed by atoms with Crippen LogP contribution in [0.25, 0.3) is 11.1 Å². The number of aliphatic hydroxyl groups is 1. The second kappa shape index (κ2) is 8.72. The van der Waals surface area contributed by atoms with Crippen molar-refractivity contribution >= 4 is 5.97 Å². The van der Waals surface area contributed by atoms with Crippen molar-refractivity contribution in [1.82, 2.24) is 0 Å². The second-order valence-corrected chi connectivity index (χ2v) is 4.35. The van der Waals surface area contributed by atoms with Crippen LogP contribution >= 0.6 is 0 Å². The predicted molar refractivity (Wildman–Crippen MR) is 85.3 cm³/mol. The zero-order valence-corrected chi connectivity index (χ0v) is 12.1. The number of aliphatic hydroxyl groups excluding tert-OH is 1. The summed E-state index contributed by atoms with van der Waals surface area (Å²) in [6.45, 7) is 4.89. The SMILES string of the molecule is C=CC(=O)O.CCO.c1ccc2c(c1)Cc1ccccc1-2. The first kappa shape index (κ1) is 16.7. The first-order valence-electron chi connectivity index (χ1n) is 6.76. The Morgan fingerprint density at radius 2 is 1.43 bits per heavy atom. The van der Waals surface area contributed by atoms with Crippen molar-refractivity contribution in [2.75, 3.05) is 6.61 Å². The molecule has 0 aromatic heterocycles. The minimum Gasteiger partial charge on any atom is -0.478 e. The Hall–Kier alpha value is -2.39. The van der Waals surface area contributed by atoms with Crippen LogP contribution < -0.4 is 0 Å². The number of hydrogen-bond donors (Lipinski definition) is 2. The summed E-state index contributed by atoms with van der Waals surface area (Å²) in [5, 5.41) is 15.2. The van der Waals surface area contributed by atoms with E-state index in [0.29, 0.717) is 0 Å². The molecular weight excluding hydrogens is 264 g/mol. The molecule has 0 saturated heterocycles. The molecule has 2 aromatic rings. The van der Waals surface area contributed by atoms with Crippen LogP contribution in [-0.4, -0.2) is 22.8 Å². The van der Waals surface area contributed by atoms with Crippen molar-refractivity contribution in [2.24, 2.45) is 0 Å². The number of carboxylic acid groups (broad SMARTS) is 1. The van der Waals surface area contributed by atoms with E-state index in [-0.39, 0.29) is 6.61 Å². The normalized spacial score (nSPS) is 10.0. The van der Waals surface area contributed by atoms with Gasteiger partial charge < -0.3 is 10.2 Å². The van der Waals surface area contributed by atoms with Crippen molar-refractivity contribution < 1.29 is 15.0 Å². The summed E-state index contributed by atoms with van der Waals surface area (Å²) in [7, 11) is 0. The maximum atomic E-state index is 9.25. The largest absolute Gasteiger partial charge is 0.478 e. The lowest BCUT2D eigenvalue weighted by atomic mass is 10.1. The third kappa shape index (κ3) is 4.89. The number of hydrogen-bond acceptors (Lipinski definition) is 2. The lowest BCUT2D eigenvalue weighted by molar-refractivity contribution is -0.131. The monoisotopic (exact) mass is 284 g/mol. The number of carboxylic acids is 1. The van der Waals surface area contributed by atoms with E-state index in [1.165, 1.54) is 22.3 Å². The first-order valence-corrected chi connectivity index (χ1v) is 6.76. The molecule has 3 nitrogen and oxygen atoms in total. The summed E-state index contributed by atoms with van der Waals surface area (Å²) < 4.78 is 0. The topological polar surface area (TPSA) is 57.5 Å². The summed E-state index contributed by atoms with van der Waals surface area (Å²) in [5.74, 6) is -0.981. The van der Waals surface area contributed by atoms with Gasteiger partial charge in [0.15, 0.2) is 0 Å². The highest BCUT2D eigenvalue weighted by Crippen LogP contribution is 2.35. The van der Waals surface area contributed by atoms with E-state index in [2.05, 4.69) is 55.1 Å². The van der Waals surface area contributed by atoms with Gasteiger partial charge in [-0.25, -0.2) is 4.79 Å². The highest BCUT2D eigenvalue weighted by Gasteiger charge is 2.15. The van der Waals surface area contributed by atoms with Gasteiger partial charge in [-0.05, 0) is 35.6 Å². The van der Waals surface area contributed by atoms with E-state index in [0.717, 1.165) is 12.5 Å². The summed E-state index contributed by atoms with van der Waals surface area (Å²) in [6, 6.07) is 17.3. The standard InChI is InChI=1S/C13H10.C3H4O2.C2H6O/c1-3-7-12-10(5-1)9-11-6-2-4-8-13(11)12;1-2-3(4)5;1-2-3/h1-8H,9H2;2H,1H2,(H,4,5);3H,2H2,1H3. The van der Waals surface area contributed by atoms with Crippen LogP contribution in [0.2, 0.25) is 0 Å². The van der Waals surface area contributed by atoms with Crippen molar-refractivity contribution in [2.45, 2.75) is 13.3 Å². The third-order valence-corrected chi connectivity index (χ3v) is 2.88. The molecule has 3 rings (SSSR count). The Balaban J connectivity index is 0.000000235. The van der Waals surface area contributed by atoms with Gasteiger partial charge >= 0.3 is 5.97 Å². The van der Waals surface area contributed by atoms with Crippen molar-refractivity contribution in [3.8, 4) is 11.1 Å². The highest BCUT2D eigenvalue weighted by atomic mass is 16.4. The number of rotatable bonds is 1. The highest BCUT2D eigenvalue weighted by molar-refractivity contribution is 5.78. The molecular formula is C18H20O3. The molecule has 3 heteroatoms. The van der Waals surface area contributed by atoms with Gasteiger partial charge in [-0.3, -0.25) is 0 Å². The molecule has 21 heavy (non-hydrogen) atoms. The van der Waals surface area contributed by atoms with Crippen LogP contribution in [0.15, 0.2) is 61.2 Å². The molecule has 1 aliphatic rings. The van der Waals surface area contributed by atoms with Gasteiger partial charge in [0.25, 0.3) is 0 Å². The molecule has 0 atom stereocenters. The Kier molecular flexibility index (Phi) is 6.92. The molecule has 1 aliphatic carbocycles. The van der Waals surface area contributed by atoms with E-state index in [4.69, 9.17) is 10.2 Å². The molecule has 0 fully saturated rings.